The van der Waals surface area contributed by atoms with E-state index < -0.39 is 0 Å². The fourth-order valence-electron chi connectivity index (χ4n) is 9.71. The van der Waals surface area contributed by atoms with E-state index >= 15 is 0 Å². The van der Waals surface area contributed by atoms with Crippen LogP contribution in [0.2, 0.25) is 0 Å². The molecule has 4 saturated carbocycles. The van der Waals surface area contributed by atoms with Gasteiger partial charge >= 0.3 is 0 Å². The van der Waals surface area contributed by atoms with E-state index in [1.165, 1.54) is 37.7 Å². The fourth-order valence-corrected chi connectivity index (χ4v) is 9.71. The molecule has 11 atom stereocenters. The van der Waals surface area contributed by atoms with Gasteiger partial charge in [0.1, 0.15) is 0 Å². The molecule has 31 heavy (non-hydrogen) atoms. The summed E-state index contributed by atoms with van der Waals surface area (Å²) < 4.78 is 0. The van der Waals surface area contributed by atoms with Crippen molar-refractivity contribution >= 4 is 0 Å². The maximum Gasteiger partial charge on any atom is 0.0581 e. The lowest BCUT2D eigenvalue weighted by molar-refractivity contribution is -0.192. The van der Waals surface area contributed by atoms with Crippen LogP contribution in [0.5, 0.6) is 0 Å². The van der Waals surface area contributed by atoms with Crippen LogP contribution in [0.15, 0.2) is 12.2 Å². The van der Waals surface area contributed by atoms with E-state index in [0.717, 1.165) is 37.5 Å². The van der Waals surface area contributed by atoms with Crippen LogP contribution in [0.4, 0.5) is 0 Å². The molecule has 0 saturated heterocycles. The maximum atomic E-state index is 11.7. The average molecular weight is 431 g/mol. The Labute approximate surface area is 192 Å². The molecular formula is C29H50O2. The number of aliphatic hydroxyl groups excluding tert-OH is 2. The molecule has 2 N–H and O–H groups in total. The molecule has 0 aromatic heterocycles. The topological polar surface area (TPSA) is 40.5 Å². The highest BCUT2D eigenvalue weighted by Gasteiger charge is 2.64. The summed E-state index contributed by atoms with van der Waals surface area (Å²) in [5.41, 5.74) is 1.90. The van der Waals surface area contributed by atoms with Crippen LogP contribution in [-0.4, -0.2) is 22.4 Å². The van der Waals surface area contributed by atoms with Gasteiger partial charge in [0.2, 0.25) is 0 Å². The first-order chi connectivity index (χ1) is 14.5. The molecule has 0 radical (unpaired) electrons. The highest BCUT2D eigenvalue weighted by molar-refractivity contribution is 5.13. The number of aliphatic hydroxyl groups is 2. The van der Waals surface area contributed by atoms with E-state index in [2.05, 4.69) is 48.1 Å². The minimum Gasteiger partial charge on any atom is -0.393 e. The maximum absolute atomic E-state index is 11.7. The highest BCUT2D eigenvalue weighted by atomic mass is 16.3. The highest BCUT2D eigenvalue weighted by Crippen LogP contribution is 2.68. The monoisotopic (exact) mass is 430 g/mol. The quantitative estimate of drug-likeness (QED) is 0.468. The summed E-state index contributed by atoms with van der Waals surface area (Å²) in [6.45, 7) is 18.6. The van der Waals surface area contributed by atoms with E-state index in [1.54, 1.807) is 0 Å². The zero-order valence-corrected chi connectivity index (χ0v) is 21.2. The molecule has 4 aliphatic rings. The van der Waals surface area contributed by atoms with E-state index in [4.69, 9.17) is 0 Å². The number of fused-ring (bicyclic) bond motifs is 5. The van der Waals surface area contributed by atoms with Crippen LogP contribution < -0.4 is 0 Å². The number of rotatable bonds is 5. The van der Waals surface area contributed by atoms with Gasteiger partial charge in [-0.05, 0) is 116 Å². The minimum absolute atomic E-state index is 0.141. The molecule has 178 valence electrons. The third kappa shape index (κ3) is 3.76. The lowest BCUT2D eigenvalue weighted by atomic mass is 9.42. The molecule has 4 fully saturated rings. The van der Waals surface area contributed by atoms with Gasteiger partial charge in [0.15, 0.2) is 0 Å². The second-order valence-corrected chi connectivity index (χ2v) is 13.2. The number of hydrogen-bond donors (Lipinski definition) is 2. The van der Waals surface area contributed by atoms with Gasteiger partial charge in [0, 0.05) is 0 Å². The largest absolute Gasteiger partial charge is 0.393 e. The van der Waals surface area contributed by atoms with Crippen molar-refractivity contribution in [1.82, 2.24) is 0 Å². The van der Waals surface area contributed by atoms with Gasteiger partial charge in [0.25, 0.3) is 0 Å². The molecule has 0 aromatic rings. The molecule has 0 aliphatic heterocycles. The van der Waals surface area contributed by atoms with Crippen molar-refractivity contribution in [3.05, 3.63) is 12.2 Å². The van der Waals surface area contributed by atoms with Crippen LogP contribution in [0.25, 0.3) is 0 Å². The molecule has 2 nitrogen and oxygen atoms in total. The van der Waals surface area contributed by atoms with Crippen molar-refractivity contribution in [3.8, 4) is 0 Å². The zero-order valence-electron chi connectivity index (χ0n) is 21.2. The summed E-state index contributed by atoms with van der Waals surface area (Å²) in [6, 6.07) is 0. The Morgan fingerprint density at radius 3 is 2.29 bits per heavy atom. The summed E-state index contributed by atoms with van der Waals surface area (Å²) in [5.74, 6) is 4.90. The Hall–Kier alpha value is -0.340. The van der Waals surface area contributed by atoms with Gasteiger partial charge in [-0.2, -0.15) is 0 Å². The first-order valence-corrected chi connectivity index (χ1v) is 13.5. The summed E-state index contributed by atoms with van der Waals surface area (Å²) >= 11 is 0. The van der Waals surface area contributed by atoms with Crippen molar-refractivity contribution in [2.24, 2.45) is 58.2 Å². The zero-order chi connectivity index (χ0) is 22.7. The predicted octanol–water partition coefficient (Wildman–Crippen LogP) is 6.85. The average Bonchev–Trinajstić information content (AvgIpc) is 3.05. The predicted molar refractivity (Wildman–Crippen MR) is 130 cm³/mol. The molecule has 0 amide bonds. The smallest absolute Gasteiger partial charge is 0.0581 e. The van der Waals surface area contributed by atoms with Crippen molar-refractivity contribution in [1.29, 1.82) is 0 Å². The summed E-state index contributed by atoms with van der Waals surface area (Å²) in [7, 11) is 0. The molecule has 0 spiro atoms. The molecule has 4 aliphatic carbocycles. The first kappa shape index (κ1) is 23.8. The lowest BCUT2D eigenvalue weighted by Crippen LogP contribution is -2.60. The van der Waals surface area contributed by atoms with Crippen molar-refractivity contribution in [2.45, 2.75) is 112 Å². The SMILES string of the molecule is C=C(CC[C@@H](C)[C@H]1CC[C@H]2[C@@H]3CC[C@H]4[C@H](C)[C@@H](O)CC[C@]4(C)[C@H]3[C@@H](O)C[C@]12C)C(C)C. The van der Waals surface area contributed by atoms with Gasteiger partial charge in [-0.15, -0.1) is 0 Å². The Kier molecular flexibility index (Phi) is 6.50. The Bertz CT molecular complexity index is 670. The van der Waals surface area contributed by atoms with Gasteiger partial charge < -0.3 is 10.2 Å². The van der Waals surface area contributed by atoms with E-state index in [0.29, 0.717) is 40.9 Å². The standard InChI is InChI=1S/C29H50O2/c1-17(2)18(3)8-9-19(4)22-12-13-24-21-10-11-23-20(5)25(30)14-15-28(23,6)27(21)26(31)16-29(22,24)7/h17,19-27,30-31H,3,8-16H2,1-2,4-7H3/t19-,20+,21+,22-,23+,24+,25+,26+,27-,28+,29-/m1/s1. The van der Waals surface area contributed by atoms with Gasteiger partial charge in [0.05, 0.1) is 12.2 Å². The Balaban J connectivity index is 1.53. The van der Waals surface area contributed by atoms with E-state index in [-0.39, 0.29) is 17.6 Å². The van der Waals surface area contributed by atoms with Crippen molar-refractivity contribution in [3.63, 3.8) is 0 Å². The van der Waals surface area contributed by atoms with E-state index in [1.807, 2.05) is 0 Å². The third-order valence-electron chi connectivity index (χ3n) is 11.6. The van der Waals surface area contributed by atoms with Crippen LogP contribution in [-0.2, 0) is 0 Å². The van der Waals surface area contributed by atoms with Crippen LogP contribution in [0.1, 0.15) is 99.3 Å². The molecule has 0 heterocycles. The second-order valence-electron chi connectivity index (χ2n) is 13.2. The normalized spacial score (nSPS) is 50.5. The third-order valence-corrected chi connectivity index (χ3v) is 11.6. The number of hydrogen-bond acceptors (Lipinski definition) is 2. The van der Waals surface area contributed by atoms with Crippen molar-refractivity contribution in [2.75, 3.05) is 0 Å². The number of allylic oxidation sites excluding steroid dienone is 1. The van der Waals surface area contributed by atoms with Crippen LogP contribution >= 0.6 is 0 Å². The molecule has 0 unspecified atom stereocenters. The second kappa shape index (κ2) is 8.46. The lowest BCUT2D eigenvalue weighted by Gasteiger charge is -2.63. The summed E-state index contributed by atoms with van der Waals surface area (Å²) in [4.78, 5) is 0. The fraction of sp³-hybridized carbons (Fsp3) is 0.931. The minimum atomic E-state index is -0.167. The molecule has 0 aromatic carbocycles. The van der Waals surface area contributed by atoms with Gasteiger partial charge in [-0.3, -0.25) is 0 Å². The summed E-state index contributed by atoms with van der Waals surface area (Å²) in [6.07, 6.45) is 10.4. The molecule has 4 rings (SSSR count). The molecule has 2 heteroatoms. The van der Waals surface area contributed by atoms with Gasteiger partial charge in [-0.1, -0.05) is 53.7 Å². The Morgan fingerprint density at radius 2 is 1.61 bits per heavy atom. The summed E-state index contributed by atoms with van der Waals surface area (Å²) in [5, 5.41) is 22.2. The first-order valence-electron chi connectivity index (χ1n) is 13.5. The van der Waals surface area contributed by atoms with E-state index in [9.17, 15) is 10.2 Å². The van der Waals surface area contributed by atoms with Crippen LogP contribution in [0.3, 0.4) is 0 Å². The molecular weight excluding hydrogens is 380 g/mol. The van der Waals surface area contributed by atoms with Crippen molar-refractivity contribution < 1.29 is 10.2 Å². The Morgan fingerprint density at radius 1 is 0.935 bits per heavy atom. The molecule has 0 bridgehead atoms. The van der Waals surface area contributed by atoms with Gasteiger partial charge in [-0.25, -0.2) is 0 Å². The van der Waals surface area contributed by atoms with Crippen LogP contribution in [0, 0.1) is 58.2 Å².